The fraction of sp³-hybridized carbons (Fsp3) is 0.333. The molecule has 3 amide bonds. The van der Waals surface area contributed by atoms with Crippen LogP contribution in [-0.2, 0) is 16.1 Å². The lowest BCUT2D eigenvalue weighted by Gasteiger charge is -2.34. The third-order valence-corrected chi connectivity index (χ3v) is 5.69. The summed E-state index contributed by atoms with van der Waals surface area (Å²) < 4.78 is 5.21. The molecular formula is C24H27N3O6. The molecule has 9 nitrogen and oxygen atoms in total. The summed E-state index contributed by atoms with van der Waals surface area (Å²) in [4.78, 5) is 50.6. The standard InChI is InChI=1S/C24H27N3O6/c1-25-23(32)26-24(15-28,18-6-4-3-5-16(7-9-18)11-21(29)30)14-27-13-17-8-10-19(33-2)12-20(17)22(27)31/h5-10,12,15H,3-4,11,13-14H2,1-2H3,(H,29,30)(H2,25,26,32). The Morgan fingerprint density at radius 3 is 2.67 bits per heavy atom. The predicted molar refractivity (Wildman–Crippen MR) is 121 cm³/mol. The van der Waals surface area contributed by atoms with Gasteiger partial charge >= 0.3 is 12.0 Å². The summed E-state index contributed by atoms with van der Waals surface area (Å²) in [6.07, 6.45) is 8.52. The van der Waals surface area contributed by atoms with E-state index >= 15 is 0 Å². The number of aldehydes is 1. The van der Waals surface area contributed by atoms with Gasteiger partial charge in [-0.2, -0.15) is 0 Å². The molecule has 3 rings (SSSR count). The number of nitrogens with zero attached hydrogens (tertiary/aromatic N) is 1. The third-order valence-electron chi connectivity index (χ3n) is 5.69. The molecule has 174 valence electrons. The highest BCUT2D eigenvalue weighted by molar-refractivity contribution is 5.99. The molecule has 0 aromatic heterocycles. The molecule has 0 fully saturated rings. The molecule has 1 unspecified atom stereocenters. The Morgan fingerprint density at radius 2 is 2.00 bits per heavy atom. The Labute approximate surface area is 191 Å². The van der Waals surface area contributed by atoms with Crippen LogP contribution >= 0.6 is 0 Å². The zero-order valence-corrected chi connectivity index (χ0v) is 18.6. The smallest absolute Gasteiger partial charge is 0.315 e. The predicted octanol–water partition coefficient (Wildman–Crippen LogP) is 2.20. The zero-order valence-electron chi connectivity index (χ0n) is 18.6. The van der Waals surface area contributed by atoms with E-state index in [1.807, 2.05) is 12.2 Å². The number of aliphatic carboxylic acids is 1. The highest BCUT2D eigenvalue weighted by Crippen LogP contribution is 2.30. The summed E-state index contributed by atoms with van der Waals surface area (Å²) >= 11 is 0. The fourth-order valence-corrected chi connectivity index (χ4v) is 3.98. The van der Waals surface area contributed by atoms with Crippen molar-refractivity contribution >= 4 is 24.2 Å². The van der Waals surface area contributed by atoms with Crippen LogP contribution in [0.4, 0.5) is 4.79 Å². The lowest BCUT2D eigenvalue weighted by Crippen LogP contribution is -2.59. The minimum absolute atomic E-state index is 0.0894. The molecule has 0 saturated heterocycles. The van der Waals surface area contributed by atoms with Gasteiger partial charge in [0.2, 0.25) is 0 Å². The van der Waals surface area contributed by atoms with E-state index in [1.54, 1.807) is 30.4 Å². The van der Waals surface area contributed by atoms with Crippen LogP contribution in [-0.4, -0.2) is 60.4 Å². The Kier molecular flexibility index (Phi) is 7.32. The summed E-state index contributed by atoms with van der Waals surface area (Å²) in [6, 6.07) is 4.65. The van der Waals surface area contributed by atoms with E-state index in [9.17, 15) is 19.2 Å². The van der Waals surface area contributed by atoms with E-state index in [0.29, 0.717) is 41.6 Å². The van der Waals surface area contributed by atoms with Gasteiger partial charge in [0, 0.05) is 19.2 Å². The van der Waals surface area contributed by atoms with Crippen LogP contribution in [0.3, 0.4) is 0 Å². The summed E-state index contributed by atoms with van der Waals surface area (Å²) in [5.41, 5.74) is 0.852. The van der Waals surface area contributed by atoms with Crippen molar-refractivity contribution in [2.45, 2.75) is 31.3 Å². The highest BCUT2D eigenvalue weighted by Gasteiger charge is 2.40. The van der Waals surface area contributed by atoms with E-state index in [2.05, 4.69) is 10.6 Å². The molecule has 3 N–H and O–H groups in total. The molecule has 0 radical (unpaired) electrons. The number of carbonyl (C=O) groups is 4. The molecule has 1 aromatic carbocycles. The molecule has 1 aromatic rings. The number of ether oxygens (including phenoxy) is 1. The van der Waals surface area contributed by atoms with Gasteiger partial charge < -0.3 is 30.2 Å². The summed E-state index contributed by atoms with van der Waals surface area (Å²) in [6.45, 7) is 0.193. The molecule has 1 heterocycles. The normalized spacial score (nSPS) is 17.0. The number of carboxylic acids is 1. The molecule has 1 aliphatic carbocycles. The number of methoxy groups -OCH3 is 1. The lowest BCUT2D eigenvalue weighted by molar-refractivity contribution is -0.136. The van der Waals surface area contributed by atoms with Crippen molar-refractivity contribution in [1.82, 2.24) is 15.5 Å². The van der Waals surface area contributed by atoms with Gasteiger partial charge in [0.15, 0.2) is 6.29 Å². The Morgan fingerprint density at radius 1 is 1.24 bits per heavy atom. The second-order valence-corrected chi connectivity index (χ2v) is 7.90. The first-order chi connectivity index (χ1) is 15.8. The van der Waals surface area contributed by atoms with Gasteiger partial charge in [-0.3, -0.25) is 9.59 Å². The molecule has 33 heavy (non-hydrogen) atoms. The topological polar surface area (TPSA) is 125 Å². The molecule has 1 atom stereocenters. The van der Waals surface area contributed by atoms with E-state index in [0.717, 1.165) is 5.56 Å². The minimum atomic E-state index is -1.52. The number of carbonyl (C=O) groups excluding carboxylic acids is 3. The SMILES string of the molecule is CNC(=O)NC(C=O)(CN1Cc2ccc(OC)cc2C1=O)C1=CCCC=C(CC(=O)O)C=C1. The van der Waals surface area contributed by atoms with E-state index in [4.69, 9.17) is 9.84 Å². The van der Waals surface area contributed by atoms with Gasteiger partial charge in [-0.05, 0) is 41.7 Å². The van der Waals surface area contributed by atoms with Gasteiger partial charge in [-0.1, -0.05) is 30.4 Å². The second-order valence-electron chi connectivity index (χ2n) is 7.90. The van der Waals surface area contributed by atoms with Crippen molar-refractivity contribution in [1.29, 1.82) is 0 Å². The Bertz CT molecular complexity index is 1060. The number of hydrogen-bond donors (Lipinski definition) is 3. The lowest BCUT2D eigenvalue weighted by atomic mass is 9.87. The maximum absolute atomic E-state index is 13.1. The van der Waals surface area contributed by atoms with E-state index < -0.39 is 17.5 Å². The van der Waals surface area contributed by atoms with E-state index in [1.165, 1.54) is 19.1 Å². The van der Waals surface area contributed by atoms with Gasteiger partial charge in [0.05, 0.1) is 20.1 Å². The van der Waals surface area contributed by atoms with Crippen LogP contribution in [0.5, 0.6) is 5.75 Å². The monoisotopic (exact) mass is 453 g/mol. The van der Waals surface area contributed by atoms with Crippen LogP contribution in [0.15, 0.2) is 53.6 Å². The van der Waals surface area contributed by atoms with Crippen LogP contribution in [0.1, 0.15) is 35.2 Å². The first kappa shape index (κ1) is 23.8. The summed E-state index contributed by atoms with van der Waals surface area (Å²) in [5.74, 6) is -0.675. The van der Waals surface area contributed by atoms with Crippen molar-refractivity contribution in [3.63, 3.8) is 0 Å². The second kappa shape index (κ2) is 10.2. The van der Waals surface area contributed by atoms with Crippen LogP contribution < -0.4 is 15.4 Å². The number of hydrogen-bond acceptors (Lipinski definition) is 5. The van der Waals surface area contributed by atoms with Crippen LogP contribution in [0.25, 0.3) is 0 Å². The van der Waals surface area contributed by atoms with Gasteiger partial charge in [-0.15, -0.1) is 0 Å². The van der Waals surface area contributed by atoms with Crippen molar-refractivity contribution < 1.29 is 29.0 Å². The van der Waals surface area contributed by atoms with Crippen LogP contribution in [0, 0.1) is 0 Å². The number of urea groups is 1. The van der Waals surface area contributed by atoms with Crippen molar-refractivity contribution in [3.05, 3.63) is 64.8 Å². The average Bonchev–Trinajstić information content (AvgIpc) is 3.09. The molecule has 0 bridgehead atoms. The maximum atomic E-state index is 13.1. The van der Waals surface area contributed by atoms with Gasteiger partial charge in [0.25, 0.3) is 5.91 Å². The van der Waals surface area contributed by atoms with Crippen LogP contribution in [0.2, 0.25) is 0 Å². The first-order valence-electron chi connectivity index (χ1n) is 10.5. The Hall–Kier alpha value is -3.88. The number of fused-ring (bicyclic) bond motifs is 1. The summed E-state index contributed by atoms with van der Waals surface area (Å²) in [7, 11) is 2.95. The third kappa shape index (κ3) is 5.31. The molecule has 0 spiro atoms. The number of benzene rings is 1. The number of carboxylic acid groups (broad SMARTS) is 1. The van der Waals surface area contributed by atoms with Crippen molar-refractivity contribution in [2.24, 2.45) is 0 Å². The van der Waals surface area contributed by atoms with E-state index in [-0.39, 0.29) is 25.4 Å². The average molecular weight is 453 g/mol. The molecular weight excluding hydrogens is 426 g/mol. The number of nitrogens with one attached hydrogen (secondary N) is 2. The quantitative estimate of drug-likeness (QED) is 0.518. The highest BCUT2D eigenvalue weighted by atomic mass is 16.5. The summed E-state index contributed by atoms with van der Waals surface area (Å²) in [5, 5.41) is 14.3. The van der Waals surface area contributed by atoms with Gasteiger partial charge in [0.1, 0.15) is 11.3 Å². The molecule has 2 aliphatic rings. The number of allylic oxidation sites excluding steroid dienone is 3. The zero-order chi connectivity index (χ0) is 24.0. The minimum Gasteiger partial charge on any atom is -0.497 e. The van der Waals surface area contributed by atoms with Crippen molar-refractivity contribution in [2.75, 3.05) is 20.7 Å². The molecule has 1 aliphatic heterocycles. The largest absolute Gasteiger partial charge is 0.497 e. The fourth-order valence-electron chi connectivity index (χ4n) is 3.98. The Balaban J connectivity index is 1.95. The molecule has 0 saturated carbocycles. The number of rotatable bonds is 8. The maximum Gasteiger partial charge on any atom is 0.315 e. The first-order valence-corrected chi connectivity index (χ1v) is 10.5. The van der Waals surface area contributed by atoms with Gasteiger partial charge in [-0.25, -0.2) is 4.79 Å². The molecule has 9 heteroatoms. The van der Waals surface area contributed by atoms with Crippen molar-refractivity contribution in [3.8, 4) is 5.75 Å². The number of amides is 3.